The molecule has 1 aromatic carbocycles. The summed E-state index contributed by atoms with van der Waals surface area (Å²) in [6, 6.07) is 10.9. The molecule has 0 spiro atoms. The van der Waals surface area contributed by atoms with Crippen LogP contribution in [0.15, 0.2) is 36.4 Å². The first kappa shape index (κ1) is 19.3. The van der Waals surface area contributed by atoms with E-state index in [4.69, 9.17) is 5.73 Å². The zero-order valence-electron chi connectivity index (χ0n) is 17.2. The van der Waals surface area contributed by atoms with Crippen molar-refractivity contribution in [3.63, 3.8) is 0 Å². The van der Waals surface area contributed by atoms with Crippen LogP contribution >= 0.6 is 0 Å². The van der Waals surface area contributed by atoms with Crippen molar-refractivity contribution >= 4 is 23.4 Å². The summed E-state index contributed by atoms with van der Waals surface area (Å²) < 4.78 is 0. The Morgan fingerprint density at radius 2 is 2.10 bits per heavy atom. The maximum Gasteiger partial charge on any atom is 0.267 e. The fourth-order valence-corrected chi connectivity index (χ4v) is 4.58. The minimum Gasteiger partial charge on any atom is -0.364 e. The van der Waals surface area contributed by atoms with Crippen LogP contribution in [-0.4, -0.2) is 47.7 Å². The topological polar surface area (TPSA) is 96.6 Å². The summed E-state index contributed by atoms with van der Waals surface area (Å²) in [6.07, 6.45) is 2.10. The van der Waals surface area contributed by atoms with Crippen LogP contribution in [0.3, 0.4) is 0 Å². The van der Waals surface area contributed by atoms with Crippen LogP contribution in [0.4, 0.5) is 5.69 Å². The van der Waals surface area contributed by atoms with E-state index >= 15 is 0 Å². The third kappa shape index (κ3) is 3.25. The first-order valence-corrected chi connectivity index (χ1v) is 10.4. The van der Waals surface area contributed by atoms with E-state index in [1.165, 1.54) is 0 Å². The highest BCUT2D eigenvalue weighted by molar-refractivity contribution is 5.98. The van der Waals surface area contributed by atoms with Crippen molar-refractivity contribution in [3.8, 4) is 23.1 Å². The molecule has 3 heterocycles. The summed E-state index contributed by atoms with van der Waals surface area (Å²) in [4.78, 5) is 44.3. The number of amides is 3. The SMILES string of the molecule is CN1CC2C[C@]2(C#Cc2cccc(-c3cc(N4CCCC4=O)cc(C(N)=O)n3)c2)C1=O. The zero-order chi connectivity index (χ0) is 21.8. The number of anilines is 1. The second-order valence-corrected chi connectivity index (χ2v) is 8.50. The van der Waals surface area contributed by atoms with E-state index in [1.54, 1.807) is 21.9 Å². The van der Waals surface area contributed by atoms with E-state index in [2.05, 4.69) is 16.8 Å². The Morgan fingerprint density at radius 3 is 2.77 bits per heavy atom. The van der Waals surface area contributed by atoms with Gasteiger partial charge in [0.2, 0.25) is 11.8 Å². The molecule has 0 radical (unpaired) electrons. The van der Waals surface area contributed by atoms with E-state index in [1.807, 2.05) is 31.3 Å². The van der Waals surface area contributed by atoms with Crippen LogP contribution in [0.5, 0.6) is 0 Å². The molecule has 1 unspecified atom stereocenters. The van der Waals surface area contributed by atoms with E-state index in [0.29, 0.717) is 30.3 Å². The van der Waals surface area contributed by atoms with Gasteiger partial charge in [0.1, 0.15) is 11.1 Å². The third-order valence-corrected chi connectivity index (χ3v) is 6.36. The number of likely N-dealkylation sites (tertiary alicyclic amines) is 1. The molecular formula is C24H22N4O3. The fraction of sp³-hybridized carbons (Fsp3) is 0.333. The summed E-state index contributed by atoms with van der Waals surface area (Å²) in [5.74, 6) is 6.19. The van der Waals surface area contributed by atoms with Gasteiger partial charge in [-0.1, -0.05) is 24.0 Å². The molecule has 2 aliphatic heterocycles. The van der Waals surface area contributed by atoms with E-state index in [-0.39, 0.29) is 17.5 Å². The van der Waals surface area contributed by atoms with E-state index in [0.717, 1.165) is 30.5 Å². The van der Waals surface area contributed by atoms with Gasteiger partial charge in [-0.05, 0) is 37.1 Å². The Morgan fingerprint density at radius 1 is 1.26 bits per heavy atom. The molecule has 3 amide bonds. The van der Waals surface area contributed by atoms with Crippen molar-refractivity contribution in [3.05, 3.63) is 47.7 Å². The smallest absolute Gasteiger partial charge is 0.267 e. The third-order valence-electron chi connectivity index (χ3n) is 6.36. The number of aromatic nitrogens is 1. The number of pyridine rings is 1. The molecule has 3 aliphatic rings. The number of piperidine rings is 1. The lowest BCUT2D eigenvalue weighted by molar-refractivity contribution is -0.130. The first-order valence-electron chi connectivity index (χ1n) is 10.4. The van der Waals surface area contributed by atoms with Crippen LogP contribution < -0.4 is 10.6 Å². The zero-order valence-corrected chi connectivity index (χ0v) is 17.2. The molecule has 0 bridgehead atoms. The Balaban J connectivity index is 1.50. The number of benzene rings is 1. The molecule has 7 heteroatoms. The summed E-state index contributed by atoms with van der Waals surface area (Å²) in [7, 11) is 1.82. The van der Waals surface area contributed by atoms with E-state index in [9.17, 15) is 14.4 Å². The average molecular weight is 414 g/mol. The number of carbonyl (C=O) groups excluding carboxylic acids is 3. The number of nitrogens with zero attached hydrogens (tertiary/aromatic N) is 3. The van der Waals surface area contributed by atoms with Crippen LogP contribution in [0.2, 0.25) is 0 Å². The minimum absolute atomic E-state index is 0.0247. The Labute approximate surface area is 180 Å². The summed E-state index contributed by atoms with van der Waals surface area (Å²) in [5.41, 5.74) is 7.80. The van der Waals surface area contributed by atoms with Crippen LogP contribution in [0, 0.1) is 23.2 Å². The molecule has 31 heavy (non-hydrogen) atoms. The molecule has 7 nitrogen and oxygen atoms in total. The van der Waals surface area contributed by atoms with Gasteiger partial charge in [-0.3, -0.25) is 14.4 Å². The minimum atomic E-state index is -0.645. The van der Waals surface area contributed by atoms with Gasteiger partial charge in [0, 0.05) is 49.3 Å². The van der Waals surface area contributed by atoms with Gasteiger partial charge in [-0.2, -0.15) is 0 Å². The molecule has 156 valence electrons. The molecule has 2 aromatic rings. The lowest BCUT2D eigenvalue weighted by atomic mass is 10.0. The molecule has 1 aliphatic carbocycles. The fourth-order valence-electron chi connectivity index (χ4n) is 4.58. The number of primary amides is 1. The van der Waals surface area contributed by atoms with Gasteiger partial charge in [0.25, 0.3) is 5.91 Å². The van der Waals surface area contributed by atoms with Gasteiger partial charge in [-0.15, -0.1) is 0 Å². The molecule has 2 saturated heterocycles. The van der Waals surface area contributed by atoms with E-state index < -0.39 is 11.3 Å². The number of rotatable bonds is 3. The standard InChI is InChI=1S/C24H22N4O3/c1-27-14-17-13-24(17,23(27)31)8-7-15-4-2-5-16(10-15)19-11-18(12-20(26-19)22(25)30)28-9-3-6-21(28)29/h2,4-5,10-12,17H,3,6,9,13-14H2,1H3,(H2,25,30)/t17?,24-/m0/s1. The van der Waals surface area contributed by atoms with Gasteiger partial charge in [0.15, 0.2) is 0 Å². The predicted molar refractivity (Wildman–Crippen MR) is 115 cm³/mol. The van der Waals surface area contributed by atoms with Gasteiger partial charge >= 0.3 is 0 Å². The Bertz CT molecular complexity index is 1190. The van der Waals surface area contributed by atoms with Crippen molar-refractivity contribution in [2.45, 2.75) is 19.3 Å². The number of carbonyl (C=O) groups is 3. The summed E-state index contributed by atoms with van der Waals surface area (Å²) in [6.45, 7) is 1.38. The second-order valence-electron chi connectivity index (χ2n) is 8.50. The quantitative estimate of drug-likeness (QED) is 0.775. The highest BCUT2D eigenvalue weighted by Crippen LogP contribution is 2.57. The van der Waals surface area contributed by atoms with Crippen molar-refractivity contribution in [1.82, 2.24) is 9.88 Å². The van der Waals surface area contributed by atoms with Gasteiger partial charge in [-0.25, -0.2) is 4.98 Å². The number of nitrogens with two attached hydrogens (primary N) is 1. The van der Waals surface area contributed by atoms with Crippen molar-refractivity contribution in [2.75, 3.05) is 25.0 Å². The van der Waals surface area contributed by atoms with Crippen molar-refractivity contribution in [2.24, 2.45) is 17.1 Å². The number of hydrogen-bond acceptors (Lipinski definition) is 4. The maximum absolute atomic E-state index is 12.4. The van der Waals surface area contributed by atoms with Crippen molar-refractivity contribution in [1.29, 1.82) is 0 Å². The largest absolute Gasteiger partial charge is 0.364 e. The molecule has 5 rings (SSSR count). The predicted octanol–water partition coefficient (Wildman–Crippen LogP) is 1.80. The lowest BCUT2D eigenvalue weighted by Crippen LogP contribution is -2.27. The molecule has 1 aromatic heterocycles. The summed E-state index contributed by atoms with van der Waals surface area (Å²) in [5, 5.41) is 0. The molecule has 2 N–H and O–H groups in total. The normalized spacial score (nSPS) is 24.1. The Kier molecular flexibility index (Phi) is 4.33. The lowest BCUT2D eigenvalue weighted by Gasteiger charge is -2.17. The highest BCUT2D eigenvalue weighted by Gasteiger charge is 2.65. The van der Waals surface area contributed by atoms with Crippen LogP contribution in [-0.2, 0) is 9.59 Å². The Hall–Kier alpha value is -3.66. The second kappa shape index (κ2) is 6.95. The van der Waals surface area contributed by atoms with Gasteiger partial charge < -0.3 is 15.5 Å². The summed E-state index contributed by atoms with van der Waals surface area (Å²) >= 11 is 0. The molecule has 3 fully saturated rings. The molecular weight excluding hydrogens is 392 g/mol. The average Bonchev–Trinajstić information content (AvgIpc) is 3.19. The first-order chi connectivity index (χ1) is 14.9. The highest BCUT2D eigenvalue weighted by atomic mass is 16.2. The van der Waals surface area contributed by atoms with Crippen LogP contribution in [0.1, 0.15) is 35.3 Å². The number of fused-ring (bicyclic) bond motifs is 1. The van der Waals surface area contributed by atoms with Crippen molar-refractivity contribution < 1.29 is 14.4 Å². The molecule has 2 atom stereocenters. The maximum atomic E-state index is 12.4. The monoisotopic (exact) mass is 414 g/mol. The molecule has 1 saturated carbocycles. The van der Waals surface area contributed by atoms with Crippen LogP contribution in [0.25, 0.3) is 11.3 Å². The number of hydrogen-bond donors (Lipinski definition) is 1. The van der Waals surface area contributed by atoms with Gasteiger partial charge in [0.05, 0.1) is 5.69 Å².